The minimum absolute atomic E-state index is 0.0352. The van der Waals surface area contributed by atoms with Crippen molar-refractivity contribution in [3.63, 3.8) is 0 Å². The van der Waals surface area contributed by atoms with E-state index >= 15 is 0 Å². The van der Waals surface area contributed by atoms with E-state index in [2.05, 4.69) is 21.0 Å². The second kappa shape index (κ2) is 8.99. The van der Waals surface area contributed by atoms with Crippen molar-refractivity contribution in [2.45, 2.75) is 12.5 Å². The van der Waals surface area contributed by atoms with E-state index in [0.29, 0.717) is 24.9 Å². The van der Waals surface area contributed by atoms with Gasteiger partial charge in [0.05, 0.1) is 18.9 Å². The average Bonchev–Trinajstić information content (AvgIpc) is 2.77. The Morgan fingerprint density at radius 2 is 1.71 bits per heavy atom. The Morgan fingerprint density at radius 3 is 2.35 bits per heavy atom. The number of hydrogen-bond acceptors (Lipinski definition) is 6. The third-order valence-corrected chi connectivity index (χ3v) is 5.10. The van der Waals surface area contributed by atoms with Gasteiger partial charge in [-0.1, -0.05) is 30.3 Å². The van der Waals surface area contributed by atoms with E-state index in [1.165, 1.54) is 24.3 Å². The highest BCUT2D eigenvalue weighted by molar-refractivity contribution is 5.98. The molecule has 0 radical (unpaired) electrons. The van der Waals surface area contributed by atoms with E-state index in [1.54, 1.807) is 0 Å². The first-order valence-electron chi connectivity index (χ1n) is 9.92. The van der Waals surface area contributed by atoms with Gasteiger partial charge in [0.2, 0.25) is 5.96 Å². The number of aliphatic imine (C=N–C) groups is 1. The lowest BCUT2D eigenvalue weighted by atomic mass is 10.1. The molecule has 0 aliphatic carbocycles. The van der Waals surface area contributed by atoms with Crippen LogP contribution in [0.2, 0.25) is 0 Å². The number of alkyl halides is 3. The van der Waals surface area contributed by atoms with Crippen LogP contribution in [0, 0.1) is 0 Å². The monoisotopic (exact) mass is 432 g/mol. The van der Waals surface area contributed by atoms with Crippen LogP contribution in [0.15, 0.2) is 65.7 Å². The van der Waals surface area contributed by atoms with Crippen LogP contribution in [0.3, 0.4) is 0 Å². The van der Waals surface area contributed by atoms with Crippen molar-refractivity contribution >= 4 is 17.3 Å². The lowest BCUT2D eigenvalue weighted by Crippen LogP contribution is -2.54. The minimum atomic E-state index is -4.72. The average molecular weight is 432 g/mol. The molecule has 31 heavy (non-hydrogen) atoms. The summed E-state index contributed by atoms with van der Waals surface area (Å²) >= 11 is 0. The fourth-order valence-electron chi connectivity index (χ4n) is 3.56. The first-order chi connectivity index (χ1) is 14.9. The molecule has 1 fully saturated rings. The van der Waals surface area contributed by atoms with Crippen molar-refractivity contribution in [2.24, 2.45) is 4.99 Å². The molecule has 2 aliphatic heterocycles. The molecule has 1 unspecified atom stereocenters. The van der Waals surface area contributed by atoms with Gasteiger partial charge in [0.25, 0.3) is 0 Å². The Labute approximate surface area is 178 Å². The summed E-state index contributed by atoms with van der Waals surface area (Å²) in [5.74, 6) is 0.329. The Morgan fingerprint density at radius 1 is 1.03 bits per heavy atom. The molecule has 2 aromatic carbocycles. The van der Waals surface area contributed by atoms with Crippen LogP contribution in [-0.4, -0.2) is 61.6 Å². The smallest absolute Gasteiger partial charge is 0.406 e. The number of rotatable bonds is 4. The fraction of sp³-hybridized carbons (Fsp3) is 0.318. The van der Waals surface area contributed by atoms with Crippen molar-refractivity contribution in [3.8, 4) is 5.75 Å². The highest BCUT2D eigenvalue weighted by atomic mass is 19.4. The minimum Gasteiger partial charge on any atom is -0.406 e. The van der Waals surface area contributed by atoms with Crippen molar-refractivity contribution in [1.29, 1.82) is 0 Å². The van der Waals surface area contributed by atoms with Crippen molar-refractivity contribution in [2.75, 3.05) is 38.7 Å². The molecule has 2 aromatic rings. The molecule has 0 saturated carbocycles. The number of morpholine rings is 1. The third kappa shape index (κ3) is 5.36. The largest absolute Gasteiger partial charge is 0.573 e. The highest BCUT2D eigenvalue weighted by Crippen LogP contribution is 2.27. The summed E-state index contributed by atoms with van der Waals surface area (Å²) in [5.41, 5.74) is 2.42. The van der Waals surface area contributed by atoms with Crippen LogP contribution in [0.5, 0.6) is 5.75 Å². The van der Waals surface area contributed by atoms with Gasteiger partial charge < -0.3 is 19.7 Å². The van der Waals surface area contributed by atoms with Crippen LogP contribution in [0.4, 0.5) is 18.9 Å². The molecule has 2 heterocycles. The normalized spacial score (nSPS) is 20.1. The number of anilines is 1. The number of hydrogen-bond donors (Lipinski definition) is 1. The van der Waals surface area contributed by atoms with Gasteiger partial charge in [0, 0.05) is 31.4 Å². The summed E-state index contributed by atoms with van der Waals surface area (Å²) in [6.07, 6.45) is -2.64. The molecule has 0 bridgehead atoms. The lowest BCUT2D eigenvalue weighted by molar-refractivity contribution is -0.274. The standard InChI is InChI=1S/C22H23F3N4O2/c1-28-20(29-11-13-30-14-12-29)15-19(16-5-3-2-4-6-16)27-21(28)26-17-7-9-18(10-8-17)31-22(23,24)25/h2-10,15,20H,11-14H2,1H3,(H,26,27). The molecule has 0 aromatic heterocycles. The quantitative estimate of drug-likeness (QED) is 0.792. The molecule has 2 aliphatic rings. The molecule has 1 saturated heterocycles. The summed E-state index contributed by atoms with van der Waals surface area (Å²) in [6, 6.07) is 15.5. The molecule has 9 heteroatoms. The van der Waals surface area contributed by atoms with E-state index in [-0.39, 0.29) is 11.9 Å². The van der Waals surface area contributed by atoms with Gasteiger partial charge in [0.1, 0.15) is 11.9 Å². The van der Waals surface area contributed by atoms with Gasteiger partial charge in [-0.3, -0.25) is 4.90 Å². The molecular formula is C22H23F3N4O2. The fourth-order valence-corrected chi connectivity index (χ4v) is 3.56. The van der Waals surface area contributed by atoms with Gasteiger partial charge in [-0.2, -0.15) is 0 Å². The Bertz CT molecular complexity index is 939. The molecule has 4 rings (SSSR count). The second-order valence-electron chi connectivity index (χ2n) is 7.22. The van der Waals surface area contributed by atoms with Crippen LogP contribution >= 0.6 is 0 Å². The Kier molecular flexibility index (Phi) is 6.15. The molecule has 6 nitrogen and oxygen atoms in total. The van der Waals surface area contributed by atoms with E-state index in [1.807, 2.05) is 42.3 Å². The van der Waals surface area contributed by atoms with Gasteiger partial charge in [-0.15, -0.1) is 13.2 Å². The van der Waals surface area contributed by atoms with E-state index in [4.69, 9.17) is 9.73 Å². The lowest BCUT2D eigenvalue weighted by Gasteiger charge is -2.41. The van der Waals surface area contributed by atoms with Crippen molar-refractivity contribution in [3.05, 3.63) is 66.2 Å². The predicted octanol–water partition coefficient (Wildman–Crippen LogP) is 4.00. The SMILES string of the molecule is CN1C(Nc2ccc(OC(F)(F)F)cc2)=NC(c2ccccc2)=CC1N1CCOCC1. The maximum absolute atomic E-state index is 12.4. The highest BCUT2D eigenvalue weighted by Gasteiger charge is 2.31. The van der Waals surface area contributed by atoms with Crippen LogP contribution < -0.4 is 10.1 Å². The summed E-state index contributed by atoms with van der Waals surface area (Å²) in [7, 11) is 1.94. The molecular weight excluding hydrogens is 409 g/mol. The Balaban J connectivity index is 1.59. The van der Waals surface area contributed by atoms with Gasteiger partial charge >= 0.3 is 6.36 Å². The van der Waals surface area contributed by atoms with Crippen LogP contribution in [-0.2, 0) is 4.74 Å². The van der Waals surface area contributed by atoms with E-state index in [9.17, 15) is 13.2 Å². The first-order valence-corrected chi connectivity index (χ1v) is 9.92. The summed E-state index contributed by atoms with van der Waals surface area (Å²) < 4.78 is 46.6. The maximum Gasteiger partial charge on any atom is 0.573 e. The van der Waals surface area contributed by atoms with E-state index in [0.717, 1.165) is 24.4 Å². The summed E-state index contributed by atoms with van der Waals surface area (Å²) in [4.78, 5) is 9.10. The van der Waals surface area contributed by atoms with E-state index < -0.39 is 6.36 Å². The number of likely N-dealkylation sites (N-methyl/N-ethyl adjacent to an activating group) is 1. The molecule has 0 spiro atoms. The van der Waals surface area contributed by atoms with Crippen LogP contribution in [0.25, 0.3) is 5.70 Å². The molecule has 164 valence electrons. The zero-order valence-electron chi connectivity index (χ0n) is 17.0. The van der Waals surface area contributed by atoms with Gasteiger partial charge in [-0.25, -0.2) is 4.99 Å². The van der Waals surface area contributed by atoms with Crippen molar-refractivity contribution in [1.82, 2.24) is 9.80 Å². The Hall–Kier alpha value is -3.04. The first kappa shape index (κ1) is 21.2. The summed E-state index contributed by atoms with van der Waals surface area (Å²) in [6.45, 7) is 2.92. The number of benzene rings is 2. The van der Waals surface area contributed by atoms with Gasteiger partial charge in [0.15, 0.2) is 0 Å². The zero-order chi connectivity index (χ0) is 21.8. The molecule has 1 N–H and O–H groups in total. The van der Waals surface area contributed by atoms with Crippen LogP contribution in [0.1, 0.15) is 5.56 Å². The maximum atomic E-state index is 12.4. The number of halogens is 3. The number of guanidine groups is 1. The third-order valence-electron chi connectivity index (χ3n) is 5.10. The van der Waals surface area contributed by atoms with Crippen molar-refractivity contribution < 1.29 is 22.6 Å². The predicted molar refractivity (Wildman–Crippen MR) is 113 cm³/mol. The number of nitrogens with one attached hydrogen (secondary N) is 1. The molecule has 1 atom stereocenters. The number of ether oxygens (including phenoxy) is 2. The topological polar surface area (TPSA) is 49.3 Å². The van der Waals surface area contributed by atoms with Gasteiger partial charge in [-0.05, 0) is 30.3 Å². The molecule has 0 amide bonds. The second-order valence-corrected chi connectivity index (χ2v) is 7.22. The number of nitrogens with zero attached hydrogens (tertiary/aromatic N) is 3. The summed E-state index contributed by atoms with van der Waals surface area (Å²) in [5, 5.41) is 3.23. The zero-order valence-corrected chi connectivity index (χ0v) is 17.0.